The summed E-state index contributed by atoms with van der Waals surface area (Å²) in [5.74, 6) is 8.04. The van der Waals surface area contributed by atoms with Gasteiger partial charge in [0.1, 0.15) is 0 Å². The van der Waals surface area contributed by atoms with E-state index in [4.69, 9.17) is 0 Å². The van der Waals surface area contributed by atoms with Crippen LogP contribution in [-0.4, -0.2) is 0 Å². The first-order valence-electron chi connectivity index (χ1n) is 14.3. The van der Waals surface area contributed by atoms with Crippen LogP contribution in [0.2, 0.25) is 0 Å². The summed E-state index contributed by atoms with van der Waals surface area (Å²) in [5, 5.41) is 0. The summed E-state index contributed by atoms with van der Waals surface area (Å²) in [7, 11) is 0. The van der Waals surface area contributed by atoms with Crippen LogP contribution >= 0.6 is 0 Å². The van der Waals surface area contributed by atoms with E-state index < -0.39 is 0 Å². The van der Waals surface area contributed by atoms with Crippen molar-refractivity contribution in [2.75, 3.05) is 0 Å². The van der Waals surface area contributed by atoms with Crippen LogP contribution in [0.5, 0.6) is 0 Å². The first kappa shape index (κ1) is 23.2. The van der Waals surface area contributed by atoms with Crippen molar-refractivity contribution in [1.29, 1.82) is 0 Å². The molecule has 0 heteroatoms. The molecule has 30 heavy (non-hydrogen) atoms. The van der Waals surface area contributed by atoms with Crippen LogP contribution in [-0.2, 0) is 0 Å². The second-order valence-corrected chi connectivity index (χ2v) is 13.5. The number of hydrogen-bond acceptors (Lipinski definition) is 0. The normalized spacial score (nSPS) is 45.5. The van der Waals surface area contributed by atoms with Gasteiger partial charge in [-0.2, -0.15) is 0 Å². The second-order valence-electron chi connectivity index (χ2n) is 13.5. The zero-order valence-electron chi connectivity index (χ0n) is 21.5. The molecule has 4 rings (SSSR count). The van der Waals surface area contributed by atoms with Gasteiger partial charge in [-0.05, 0) is 116 Å². The molecule has 174 valence electrons. The first-order chi connectivity index (χ1) is 14.3. The van der Waals surface area contributed by atoms with Crippen molar-refractivity contribution in [3.8, 4) is 0 Å². The molecule has 0 aliphatic heterocycles. The minimum atomic E-state index is 0.663. The lowest BCUT2D eigenvalue weighted by Crippen LogP contribution is -2.53. The molecule has 0 aromatic heterocycles. The van der Waals surface area contributed by atoms with Gasteiger partial charge in [-0.1, -0.05) is 73.6 Å². The molecule has 2 unspecified atom stereocenters. The average molecular weight is 415 g/mol. The summed E-state index contributed by atoms with van der Waals surface area (Å²) in [4.78, 5) is 0. The van der Waals surface area contributed by atoms with Gasteiger partial charge in [-0.25, -0.2) is 0 Å². The molecule has 0 heterocycles. The highest BCUT2D eigenvalue weighted by Gasteiger charge is 2.60. The molecule has 0 radical (unpaired) electrons. The van der Waals surface area contributed by atoms with E-state index in [9.17, 15) is 0 Å². The topological polar surface area (TPSA) is 0 Å². The Morgan fingerprint density at radius 2 is 1.50 bits per heavy atom. The predicted molar refractivity (Wildman–Crippen MR) is 131 cm³/mol. The van der Waals surface area contributed by atoms with Crippen LogP contribution in [0.1, 0.15) is 131 Å². The standard InChI is InChI=1S/C30H54/c1-7-10-23(21(2)3)13-12-22(4)26-16-17-27-25-15-14-24-11-8-9-19-29(24,5)28(25)18-20-30(26,27)6/h21-28H,7-20H2,1-6H3/t22-,23?,24?,25-,26+,27-,28-,29-,30+/m0/s1. The van der Waals surface area contributed by atoms with E-state index in [1.54, 1.807) is 51.4 Å². The van der Waals surface area contributed by atoms with Crippen molar-refractivity contribution < 1.29 is 0 Å². The van der Waals surface area contributed by atoms with Crippen LogP contribution in [0.4, 0.5) is 0 Å². The second kappa shape index (κ2) is 9.09. The van der Waals surface area contributed by atoms with Crippen molar-refractivity contribution in [3.63, 3.8) is 0 Å². The first-order valence-corrected chi connectivity index (χ1v) is 14.3. The summed E-state index contributed by atoms with van der Waals surface area (Å²) < 4.78 is 0. The van der Waals surface area contributed by atoms with E-state index in [0.29, 0.717) is 10.8 Å². The van der Waals surface area contributed by atoms with Crippen LogP contribution in [0.25, 0.3) is 0 Å². The quantitative estimate of drug-likeness (QED) is 0.389. The fourth-order valence-corrected chi connectivity index (χ4v) is 10.1. The van der Waals surface area contributed by atoms with Gasteiger partial charge in [-0.15, -0.1) is 0 Å². The maximum atomic E-state index is 2.77. The summed E-state index contributed by atoms with van der Waals surface area (Å²) in [6.45, 7) is 15.5. The molecular formula is C30H54. The Labute approximate surface area is 189 Å². The molecule has 0 amide bonds. The minimum absolute atomic E-state index is 0.663. The molecule has 0 aromatic rings. The van der Waals surface area contributed by atoms with Gasteiger partial charge in [0.05, 0.1) is 0 Å². The highest BCUT2D eigenvalue weighted by atomic mass is 14.6. The average Bonchev–Trinajstić information content (AvgIpc) is 3.07. The smallest absolute Gasteiger partial charge is 0.0264 e. The molecule has 0 saturated heterocycles. The summed E-state index contributed by atoms with van der Waals surface area (Å²) in [6.07, 6.45) is 21.3. The Morgan fingerprint density at radius 1 is 0.733 bits per heavy atom. The maximum Gasteiger partial charge on any atom is -0.0264 e. The molecule has 0 N–H and O–H groups in total. The Kier molecular flexibility index (Phi) is 7.02. The van der Waals surface area contributed by atoms with Gasteiger partial charge in [-0.3, -0.25) is 0 Å². The molecule has 4 aliphatic rings. The predicted octanol–water partition coefficient (Wildman–Crippen LogP) is 9.52. The van der Waals surface area contributed by atoms with E-state index in [2.05, 4.69) is 41.5 Å². The zero-order valence-corrected chi connectivity index (χ0v) is 21.5. The molecular weight excluding hydrogens is 360 g/mol. The summed E-state index contributed by atoms with van der Waals surface area (Å²) >= 11 is 0. The van der Waals surface area contributed by atoms with Crippen LogP contribution in [0.3, 0.4) is 0 Å². The summed E-state index contributed by atoms with van der Waals surface area (Å²) in [6, 6.07) is 0. The highest BCUT2D eigenvalue weighted by Crippen LogP contribution is 2.68. The molecule has 0 aromatic carbocycles. The summed E-state index contributed by atoms with van der Waals surface area (Å²) in [5.41, 5.74) is 1.37. The van der Waals surface area contributed by atoms with Gasteiger partial charge < -0.3 is 0 Å². The minimum Gasteiger partial charge on any atom is -0.0654 e. The van der Waals surface area contributed by atoms with Crippen molar-refractivity contribution in [3.05, 3.63) is 0 Å². The van der Waals surface area contributed by atoms with Crippen LogP contribution in [0, 0.1) is 58.2 Å². The maximum absolute atomic E-state index is 2.77. The lowest BCUT2D eigenvalue weighted by atomic mass is 9.44. The van der Waals surface area contributed by atoms with Gasteiger partial charge in [0.15, 0.2) is 0 Å². The van der Waals surface area contributed by atoms with Crippen molar-refractivity contribution in [2.45, 2.75) is 131 Å². The third-order valence-corrected chi connectivity index (χ3v) is 11.9. The van der Waals surface area contributed by atoms with E-state index in [1.807, 2.05) is 0 Å². The van der Waals surface area contributed by atoms with Crippen LogP contribution < -0.4 is 0 Å². The molecule has 0 spiro atoms. The Hall–Kier alpha value is 0. The van der Waals surface area contributed by atoms with E-state index in [0.717, 1.165) is 47.3 Å². The monoisotopic (exact) mass is 414 g/mol. The largest absolute Gasteiger partial charge is 0.0654 e. The third kappa shape index (κ3) is 3.94. The molecule has 9 atom stereocenters. The van der Waals surface area contributed by atoms with Crippen molar-refractivity contribution in [1.82, 2.24) is 0 Å². The fourth-order valence-electron chi connectivity index (χ4n) is 10.1. The van der Waals surface area contributed by atoms with Crippen molar-refractivity contribution >= 4 is 0 Å². The highest BCUT2D eigenvalue weighted by molar-refractivity contribution is 5.09. The third-order valence-electron chi connectivity index (χ3n) is 11.9. The Balaban J connectivity index is 1.43. The molecule has 4 saturated carbocycles. The SMILES string of the molecule is CCCC(CC[C@H](C)[C@H]1CC[C@H]2[C@@H]3CCC4CCCC[C@]4(C)[C@H]3CC[C@]12C)C(C)C. The van der Waals surface area contributed by atoms with E-state index in [-0.39, 0.29) is 0 Å². The molecule has 0 bridgehead atoms. The van der Waals surface area contributed by atoms with Crippen LogP contribution in [0.15, 0.2) is 0 Å². The lowest BCUT2D eigenvalue weighted by Gasteiger charge is -2.61. The Bertz CT molecular complexity index is 562. The fraction of sp³-hybridized carbons (Fsp3) is 1.00. The zero-order chi connectivity index (χ0) is 21.5. The number of rotatable bonds is 7. The molecule has 4 fully saturated rings. The van der Waals surface area contributed by atoms with Gasteiger partial charge in [0.25, 0.3) is 0 Å². The molecule has 4 aliphatic carbocycles. The number of fused-ring (bicyclic) bond motifs is 5. The number of hydrogen-bond donors (Lipinski definition) is 0. The van der Waals surface area contributed by atoms with Gasteiger partial charge in [0, 0.05) is 0 Å². The van der Waals surface area contributed by atoms with Gasteiger partial charge in [0.2, 0.25) is 0 Å². The van der Waals surface area contributed by atoms with E-state index in [1.165, 1.54) is 38.5 Å². The van der Waals surface area contributed by atoms with E-state index >= 15 is 0 Å². The Morgan fingerprint density at radius 3 is 2.23 bits per heavy atom. The lowest BCUT2D eigenvalue weighted by molar-refractivity contribution is -0.114. The molecule has 0 nitrogen and oxygen atoms in total. The van der Waals surface area contributed by atoms with Crippen molar-refractivity contribution in [2.24, 2.45) is 58.2 Å². The van der Waals surface area contributed by atoms with Gasteiger partial charge >= 0.3 is 0 Å².